The molecule has 1 N–H and O–H groups in total. The number of ether oxygens (including phenoxy) is 1. The fraction of sp³-hybridized carbons (Fsp3) is 0.577. The molecule has 2 saturated carbocycles. The van der Waals surface area contributed by atoms with Crippen molar-refractivity contribution in [2.24, 2.45) is 0 Å². The summed E-state index contributed by atoms with van der Waals surface area (Å²) < 4.78 is 6.95. The van der Waals surface area contributed by atoms with Gasteiger partial charge in [-0.1, -0.05) is 68.9 Å². The van der Waals surface area contributed by atoms with Crippen LogP contribution in [0.15, 0.2) is 36.5 Å². The summed E-state index contributed by atoms with van der Waals surface area (Å²) in [5, 5.41) is 7.58. The number of nitrogens with one attached hydrogen (secondary N) is 1. The monoisotopic (exact) mass is 452 g/mol. The van der Waals surface area contributed by atoms with Crippen molar-refractivity contribution in [2.45, 2.75) is 89.8 Å². The lowest BCUT2D eigenvalue weighted by molar-refractivity contribution is 0.0527. The highest BCUT2D eigenvalue weighted by atomic mass is 16.5. The van der Waals surface area contributed by atoms with Crippen LogP contribution in [0.1, 0.15) is 87.1 Å². The van der Waals surface area contributed by atoms with E-state index in [9.17, 15) is 9.59 Å². The molecule has 2 amide bonds. The van der Waals surface area contributed by atoms with Gasteiger partial charge >= 0.3 is 12.0 Å². The third-order valence-electron chi connectivity index (χ3n) is 6.84. The zero-order valence-corrected chi connectivity index (χ0v) is 19.7. The van der Waals surface area contributed by atoms with E-state index in [2.05, 4.69) is 15.3 Å². The Kier molecular flexibility index (Phi) is 8.02. The number of carbonyl (C=O) groups is 2. The maximum atomic E-state index is 13.6. The Hall–Kier alpha value is -2.83. The van der Waals surface area contributed by atoms with E-state index < -0.39 is 5.97 Å². The minimum Gasteiger partial charge on any atom is -0.462 e. The zero-order valence-electron chi connectivity index (χ0n) is 19.7. The lowest BCUT2D eigenvalue weighted by Gasteiger charge is -2.41. The topological polar surface area (TPSA) is 76.5 Å². The molecule has 33 heavy (non-hydrogen) atoms. The first-order chi connectivity index (χ1) is 16.2. The second-order valence-electron chi connectivity index (χ2n) is 9.22. The number of aromatic nitrogens is 2. The predicted octanol–water partition coefficient (Wildman–Crippen LogP) is 5.61. The third kappa shape index (κ3) is 5.95. The molecular weight excluding hydrogens is 416 g/mol. The normalized spacial score (nSPS) is 17.5. The Morgan fingerprint density at radius 2 is 1.61 bits per heavy atom. The number of benzene rings is 1. The number of amides is 2. The summed E-state index contributed by atoms with van der Waals surface area (Å²) in [6, 6.07) is 10.3. The molecule has 2 fully saturated rings. The molecule has 1 heterocycles. The molecule has 1 aromatic heterocycles. The van der Waals surface area contributed by atoms with Crippen molar-refractivity contribution in [1.29, 1.82) is 0 Å². The van der Waals surface area contributed by atoms with Crippen molar-refractivity contribution in [3.05, 3.63) is 47.7 Å². The highest BCUT2D eigenvalue weighted by molar-refractivity contribution is 5.99. The van der Waals surface area contributed by atoms with Gasteiger partial charge in [0.15, 0.2) is 5.82 Å². The Bertz CT molecular complexity index is 897. The molecule has 0 radical (unpaired) electrons. The summed E-state index contributed by atoms with van der Waals surface area (Å²) in [5.41, 5.74) is 1.37. The number of hydrogen-bond donors (Lipinski definition) is 1. The highest BCUT2D eigenvalue weighted by Crippen LogP contribution is 2.31. The summed E-state index contributed by atoms with van der Waals surface area (Å²) >= 11 is 0. The number of esters is 1. The number of hydrogen-bond acceptors (Lipinski definition) is 4. The number of rotatable bonds is 7. The van der Waals surface area contributed by atoms with Gasteiger partial charge in [-0.3, -0.25) is 10.00 Å². The summed E-state index contributed by atoms with van der Waals surface area (Å²) in [6.45, 7) is 2.56. The molecule has 7 nitrogen and oxygen atoms in total. The molecule has 0 bridgehead atoms. The first-order valence-corrected chi connectivity index (χ1v) is 12.5. The van der Waals surface area contributed by atoms with Crippen LogP contribution in [0.3, 0.4) is 0 Å². The number of urea groups is 1. The summed E-state index contributed by atoms with van der Waals surface area (Å²) in [7, 11) is 0. The van der Waals surface area contributed by atoms with Crippen molar-refractivity contribution in [3.63, 3.8) is 0 Å². The fourth-order valence-corrected chi connectivity index (χ4v) is 5.24. The maximum absolute atomic E-state index is 13.6. The molecule has 2 aliphatic carbocycles. The van der Waals surface area contributed by atoms with Crippen LogP contribution in [0.25, 0.3) is 0 Å². The molecule has 178 valence electrons. The van der Waals surface area contributed by atoms with Gasteiger partial charge < -0.3 is 9.64 Å². The number of carbonyl (C=O) groups excluding carboxylic acids is 2. The average molecular weight is 453 g/mol. The molecule has 0 atom stereocenters. The second-order valence-corrected chi connectivity index (χ2v) is 9.22. The SMILES string of the molecule is CCOC(=O)c1cn(Cc2ccccc2)nc1NC(=O)N(C1CCCCC1)C1CCCCC1. The van der Waals surface area contributed by atoms with Gasteiger partial charge in [-0.25, -0.2) is 9.59 Å². The molecule has 7 heteroatoms. The van der Waals surface area contributed by atoms with Crippen molar-refractivity contribution >= 4 is 17.8 Å². The van der Waals surface area contributed by atoms with E-state index in [4.69, 9.17) is 4.74 Å². The van der Waals surface area contributed by atoms with Gasteiger partial charge in [0.2, 0.25) is 0 Å². The largest absolute Gasteiger partial charge is 0.462 e. The molecule has 2 aliphatic rings. The van der Waals surface area contributed by atoms with Crippen LogP contribution in [0, 0.1) is 0 Å². The maximum Gasteiger partial charge on any atom is 0.343 e. The van der Waals surface area contributed by atoms with Crippen LogP contribution in [0.5, 0.6) is 0 Å². The van der Waals surface area contributed by atoms with E-state index in [1.54, 1.807) is 17.8 Å². The van der Waals surface area contributed by atoms with Crippen LogP contribution in [0.2, 0.25) is 0 Å². The summed E-state index contributed by atoms with van der Waals surface area (Å²) in [6.07, 6.45) is 13.0. The smallest absolute Gasteiger partial charge is 0.343 e. The van der Waals surface area contributed by atoms with Crippen LogP contribution < -0.4 is 5.32 Å². The van der Waals surface area contributed by atoms with E-state index in [1.807, 2.05) is 30.3 Å². The lowest BCUT2D eigenvalue weighted by atomic mass is 9.89. The summed E-state index contributed by atoms with van der Waals surface area (Å²) in [5.74, 6) is -0.181. The second kappa shape index (κ2) is 11.3. The zero-order chi connectivity index (χ0) is 23.0. The highest BCUT2D eigenvalue weighted by Gasteiger charge is 2.33. The minimum absolute atomic E-state index is 0.135. The third-order valence-corrected chi connectivity index (χ3v) is 6.84. The van der Waals surface area contributed by atoms with E-state index >= 15 is 0 Å². The van der Waals surface area contributed by atoms with Gasteiger partial charge in [-0.15, -0.1) is 0 Å². The minimum atomic E-state index is -0.464. The molecule has 0 aliphatic heterocycles. The Labute approximate surface area is 196 Å². The first-order valence-electron chi connectivity index (χ1n) is 12.5. The average Bonchev–Trinajstić information content (AvgIpc) is 3.23. The number of anilines is 1. The van der Waals surface area contributed by atoms with Crippen molar-refractivity contribution in [2.75, 3.05) is 11.9 Å². The molecular formula is C26H36N4O3. The van der Waals surface area contributed by atoms with Crippen molar-refractivity contribution < 1.29 is 14.3 Å². The van der Waals surface area contributed by atoms with Crippen LogP contribution in [-0.2, 0) is 11.3 Å². The van der Waals surface area contributed by atoms with E-state index in [1.165, 1.54) is 38.5 Å². The standard InChI is InChI=1S/C26H36N4O3/c1-2-33-25(31)23-19-29(18-20-12-6-3-7-13-20)28-24(23)27-26(32)30(21-14-8-4-9-15-21)22-16-10-5-11-17-22/h3,6-7,12-13,19,21-22H,2,4-5,8-11,14-18H2,1H3,(H,27,28,32). The van der Waals surface area contributed by atoms with Crippen LogP contribution >= 0.6 is 0 Å². The van der Waals surface area contributed by atoms with Gasteiger partial charge in [0.1, 0.15) is 5.56 Å². The van der Waals surface area contributed by atoms with E-state index in [0.717, 1.165) is 31.2 Å². The quantitative estimate of drug-likeness (QED) is 0.554. The molecule has 1 aromatic carbocycles. The van der Waals surface area contributed by atoms with E-state index in [-0.39, 0.29) is 30.5 Å². The van der Waals surface area contributed by atoms with Gasteiger partial charge in [0.05, 0.1) is 13.2 Å². The fourth-order valence-electron chi connectivity index (χ4n) is 5.24. The Morgan fingerprint density at radius 3 is 2.18 bits per heavy atom. The van der Waals surface area contributed by atoms with E-state index in [0.29, 0.717) is 12.1 Å². The molecule has 0 unspecified atom stereocenters. The Balaban J connectivity index is 1.57. The van der Waals surface area contributed by atoms with Gasteiger partial charge in [0.25, 0.3) is 0 Å². The number of nitrogens with zero attached hydrogens (tertiary/aromatic N) is 3. The van der Waals surface area contributed by atoms with Crippen molar-refractivity contribution in [3.8, 4) is 0 Å². The van der Waals surface area contributed by atoms with Gasteiger partial charge in [0, 0.05) is 18.3 Å². The molecule has 2 aromatic rings. The van der Waals surface area contributed by atoms with Gasteiger partial charge in [-0.05, 0) is 38.2 Å². The predicted molar refractivity (Wildman–Crippen MR) is 128 cm³/mol. The Morgan fingerprint density at radius 1 is 1.00 bits per heavy atom. The first kappa shape index (κ1) is 23.3. The van der Waals surface area contributed by atoms with Crippen molar-refractivity contribution in [1.82, 2.24) is 14.7 Å². The summed E-state index contributed by atoms with van der Waals surface area (Å²) in [4.78, 5) is 28.4. The van der Waals surface area contributed by atoms with Gasteiger partial charge in [-0.2, -0.15) is 5.10 Å². The van der Waals surface area contributed by atoms with Crippen LogP contribution in [0.4, 0.5) is 10.6 Å². The molecule has 0 spiro atoms. The molecule has 4 rings (SSSR count). The molecule has 0 saturated heterocycles. The van der Waals surface area contributed by atoms with Crippen LogP contribution in [-0.4, -0.2) is 45.4 Å². The lowest BCUT2D eigenvalue weighted by Crippen LogP contribution is -2.50.